The maximum Gasteiger partial charge on any atom is 0.287 e. The summed E-state index contributed by atoms with van der Waals surface area (Å²) in [6.45, 7) is 0. The van der Waals surface area contributed by atoms with Crippen molar-refractivity contribution in [2.75, 3.05) is 0 Å². The number of hydrogen-bond acceptors (Lipinski definition) is 3. The van der Waals surface area contributed by atoms with Crippen LogP contribution < -0.4 is 5.32 Å². The minimum atomic E-state index is -0.321. The second kappa shape index (κ2) is 5.69. The van der Waals surface area contributed by atoms with Crippen LogP contribution in [0, 0.1) is 11.7 Å². The number of halogens is 1. The van der Waals surface area contributed by atoms with E-state index in [9.17, 15) is 14.3 Å². The molecular formula is C16H16FNO3. The fraction of sp³-hybridized carbons (Fsp3) is 0.312. The Kier molecular flexibility index (Phi) is 3.75. The summed E-state index contributed by atoms with van der Waals surface area (Å²) in [6.07, 6.45) is 2.37. The molecule has 110 valence electrons. The molecule has 1 heterocycles. The van der Waals surface area contributed by atoms with E-state index in [1.54, 1.807) is 24.3 Å². The molecule has 3 rings (SSSR count). The van der Waals surface area contributed by atoms with Gasteiger partial charge in [-0.25, -0.2) is 4.39 Å². The van der Waals surface area contributed by atoms with Gasteiger partial charge in [-0.05, 0) is 48.6 Å². The molecule has 1 aromatic carbocycles. The van der Waals surface area contributed by atoms with Crippen LogP contribution >= 0.6 is 0 Å². The van der Waals surface area contributed by atoms with Crippen LogP contribution in [0.15, 0.2) is 47.1 Å². The van der Waals surface area contributed by atoms with Crippen molar-refractivity contribution in [2.45, 2.75) is 25.0 Å². The van der Waals surface area contributed by atoms with Crippen molar-refractivity contribution in [2.24, 2.45) is 5.92 Å². The van der Waals surface area contributed by atoms with E-state index in [2.05, 4.69) is 5.32 Å². The summed E-state index contributed by atoms with van der Waals surface area (Å²) in [5.74, 6) is -0.245. The Labute approximate surface area is 121 Å². The van der Waals surface area contributed by atoms with Gasteiger partial charge in [0.1, 0.15) is 5.82 Å². The van der Waals surface area contributed by atoms with Gasteiger partial charge in [-0.15, -0.1) is 0 Å². The van der Waals surface area contributed by atoms with E-state index in [0.717, 1.165) is 5.56 Å². The number of nitrogens with one attached hydrogen (secondary N) is 1. The molecule has 2 aromatic rings. The predicted molar refractivity (Wildman–Crippen MR) is 74.0 cm³/mol. The Morgan fingerprint density at radius 3 is 2.57 bits per heavy atom. The average molecular weight is 289 g/mol. The van der Waals surface area contributed by atoms with Crippen LogP contribution in [0.4, 0.5) is 4.39 Å². The smallest absolute Gasteiger partial charge is 0.287 e. The van der Waals surface area contributed by atoms with Crippen molar-refractivity contribution in [3.63, 3.8) is 0 Å². The van der Waals surface area contributed by atoms with Crippen molar-refractivity contribution >= 4 is 5.91 Å². The van der Waals surface area contributed by atoms with E-state index in [-0.39, 0.29) is 35.5 Å². The number of benzene rings is 1. The highest BCUT2D eigenvalue weighted by atomic mass is 19.1. The van der Waals surface area contributed by atoms with E-state index in [4.69, 9.17) is 4.42 Å². The van der Waals surface area contributed by atoms with Crippen LogP contribution in [0.3, 0.4) is 0 Å². The van der Waals surface area contributed by atoms with Gasteiger partial charge in [0.25, 0.3) is 5.91 Å². The van der Waals surface area contributed by atoms with Crippen LogP contribution in [0.1, 0.15) is 35.0 Å². The zero-order chi connectivity index (χ0) is 14.8. The number of furan rings is 1. The molecule has 4 nitrogen and oxygen atoms in total. The highest BCUT2D eigenvalue weighted by molar-refractivity contribution is 5.91. The predicted octanol–water partition coefficient (Wildman–Crippen LogP) is 2.66. The fourth-order valence-electron chi connectivity index (χ4n) is 2.67. The minimum absolute atomic E-state index is 0.143. The summed E-state index contributed by atoms with van der Waals surface area (Å²) in [6, 6.07) is 9.04. The van der Waals surface area contributed by atoms with E-state index in [1.807, 2.05) is 0 Å². The average Bonchev–Trinajstić information content (AvgIpc) is 2.97. The minimum Gasteiger partial charge on any atom is -0.459 e. The summed E-state index contributed by atoms with van der Waals surface area (Å²) in [5.41, 5.74) is 0.827. The molecular weight excluding hydrogens is 273 g/mol. The van der Waals surface area contributed by atoms with Gasteiger partial charge in [0.2, 0.25) is 0 Å². The third-order valence-corrected chi connectivity index (χ3v) is 3.88. The molecule has 1 fully saturated rings. The normalized spacial score (nSPS) is 22.4. The van der Waals surface area contributed by atoms with Crippen molar-refractivity contribution in [1.29, 1.82) is 0 Å². The SMILES string of the molecule is O=C(N[C@@H](c1ccc(F)cc1)C1CC(O)C1)c1ccco1. The van der Waals surface area contributed by atoms with Gasteiger partial charge < -0.3 is 14.8 Å². The van der Waals surface area contributed by atoms with Gasteiger partial charge >= 0.3 is 0 Å². The van der Waals surface area contributed by atoms with Crippen LogP contribution in [0.5, 0.6) is 0 Å². The molecule has 0 aliphatic heterocycles. The van der Waals surface area contributed by atoms with Crippen LogP contribution in [0.25, 0.3) is 0 Å². The van der Waals surface area contributed by atoms with Gasteiger partial charge in [0, 0.05) is 0 Å². The molecule has 5 heteroatoms. The highest BCUT2D eigenvalue weighted by Gasteiger charge is 2.36. The maximum atomic E-state index is 13.1. The van der Waals surface area contributed by atoms with Gasteiger partial charge in [0.15, 0.2) is 5.76 Å². The molecule has 21 heavy (non-hydrogen) atoms. The maximum absolute atomic E-state index is 13.1. The lowest BCUT2D eigenvalue weighted by Gasteiger charge is -2.38. The second-order valence-electron chi connectivity index (χ2n) is 5.37. The van der Waals surface area contributed by atoms with Crippen LogP contribution in [0.2, 0.25) is 0 Å². The van der Waals surface area contributed by atoms with Gasteiger partial charge in [-0.2, -0.15) is 0 Å². The Hall–Kier alpha value is -2.14. The van der Waals surface area contributed by atoms with Crippen LogP contribution in [-0.4, -0.2) is 17.1 Å². The molecule has 1 aliphatic carbocycles. The molecule has 1 aliphatic rings. The summed E-state index contributed by atoms with van der Waals surface area (Å²) in [7, 11) is 0. The molecule has 1 saturated carbocycles. The Morgan fingerprint density at radius 1 is 1.29 bits per heavy atom. The van der Waals surface area contributed by atoms with Crippen LogP contribution in [-0.2, 0) is 0 Å². The van der Waals surface area contributed by atoms with Crippen molar-refractivity contribution in [1.82, 2.24) is 5.32 Å². The largest absolute Gasteiger partial charge is 0.459 e. The van der Waals surface area contributed by atoms with Crippen molar-refractivity contribution < 1.29 is 18.7 Å². The fourth-order valence-corrected chi connectivity index (χ4v) is 2.67. The summed E-state index contributed by atoms with van der Waals surface area (Å²) >= 11 is 0. The first-order valence-corrected chi connectivity index (χ1v) is 6.91. The number of aliphatic hydroxyl groups excluding tert-OH is 1. The zero-order valence-electron chi connectivity index (χ0n) is 11.3. The number of aliphatic hydroxyl groups is 1. The number of carbonyl (C=O) groups is 1. The number of carbonyl (C=O) groups excluding carboxylic acids is 1. The van der Waals surface area contributed by atoms with E-state index in [1.165, 1.54) is 18.4 Å². The standard InChI is InChI=1S/C16H16FNO3/c17-12-5-3-10(4-6-12)15(11-8-13(19)9-11)18-16(20)14-2-1-7-21-14/h1-7,11,13,15,19H,8-9H2,(H,18,20)/t11?,13?,15-/m0/s1. The van der Waals surface area contributed by atoms with Crippen molar-refractivity contribution in [3.8, 4) is 0 Å². The molecule has 1 amide bonds. The molecule has 1 aromatic heterocycles. The third-order valence-electron chi connectivity index (χ3n) is 3.88. The van der Waals surface area contributed by atoms with E-state index < -0.39 is 0 Å². The molecule has 0 saturated heterocycles. The molecule has 1 atom stereocenters. The summed E-state index contributed by atoms with van der Waals surface area (Å²) in [5, 5.41) is 12.4. The highest BCUT2D eigenvalue weighted by Crippen LogP contribution is 2.38. The Balaban J connectivity index is 1.79. The van der Waals surface area contributed by atoms with Crippen molar-refractivity contribution in [3.05, 3.63) is 59.8 Å². The number of amides is 1. The third kappa shape index (κ3) is 2.97. The quantitative estimate of drug-likeness (QED) is 0.909. The summed E-state index contributed by atoms with van der Waals surface area (Å²) in [4.78, 5) is 12.1. The lowest BCUT2D eigenvalue weighted by Crippen LogP contribution is -2.41. The molecule has 0 bridgehead atoms. The molecule has 0 unspecified atom stereocenters. The molecule has 2 N–H and O–H groups in total. The van der Waals surface area contributed by atoms with E-state index in [0.29, 0.717) is 12.8 Å². The summed E-state index contributed by atoms with van der Waals surface area (Å²) < 4.78 is 18.1. The number of hydrogen-bond donors (Lipinski definition) is 2. The first-order chi connectivity index (χ1) is 10.1. The monoisotopic (exact) mass is 289 g/mol. The number of rotatable bonds is 4. The van der Waals surface area contributed by atoms with Gasteiger partial charge in [0.05, 0.1) is 18.4 Å². The Morgan fingerprint density at radius 2 is 2.00 bits per heavy atom. The first kappa shape index (κ1) is 13.8. The molecule has 0 radical (unpaired) electrons. The topological polar surface area (TPSA) is 62.5 Å². The second-order valence-corrected chi connectivity index (χ2v) is 5.37. The Bertz CT molecular complexity index is 603. The lowest BCUT2D eigenvalue weighted by atomic mass is 9.75. The van der Waals surface area contributed by atoms with Gasteiger partial charge in [-0.1, -0.05) is 12.1 Å². The van der Waals surface area contributed by atoms with Gasteiger partial charge in [-0.3, -0.25) is 4.79 Å². The lowest BCUT2D eigenvalue weighted by molar-refractivity contribution is 0.0232. The van der Waals surface area contributed by atoms with E-state index >= 15 is 0 Å². The molecule has 0 spiro atoms. The first-order valence-electron chi connectivity index (χ1n) is 6.91. The zero-order valence-corrected chi connectivity index (χ0v) is 11.3.